The van der Waals surface area contributed by atoms with Crippen molar-refractivity contribution in [3.63, 3.8) is 0 Å². The largest absolute Gasteiger partial charge is 0.353 e. The topological polar surface area (TPSA) is 29.1 Å². The SMILES string of the molecule is CC[C@@H]1CC1[C@@H](CC)NC(C)=O. The molecule has 0 spiro atoms. The molecular weight excluding hydrogens is 150 g/mol. The molecule has 1 rings (SSSR count). The zero-order valence-corrected chi connectivity index (χ0v) is 8.26. The van der Waals surface area contributed by atoms with E-state index in [9.17, 15) is 4.79 Å². The Bertz CT molecular complexity index is 167. The minimum atomic E-state index is 0.114. The van der Waals surface area contributed by atoms with Crippen LogP contribution in [0.1, 0.15) is 40.0 Å². The Balaban J connectivity index is 2.32. The first-order chi connectivity index (χ1) is 5.69. The Kier molecular flexibility index (Phi) is 3.12. The predicted octanol–water partition coefficient (Wildman–Crippen LogP) is 1.95. The fourth-order valence-corrected chi connectivity index (χ4v) is 2.01. The molecule has 1 amide bonds. The van der Waals surface area contributed by atoms with Crippen molar-refractivity contribution < 1.29 is 4.79 Å². The molecule has 0 aromatic carbocycles. The van der Waals surface area contributed by atoms with Gasteiger partial charge in [-0.15, -0.1) is 0 Å². The van der Waals surface area contributed by atoms with Crippen molar-refractivity contribution >= 4 is 5.91 Å². The number of hydrogen-bond acceptors (Lipinski definition) is 1. The van der Waals surface area contributed by atoms with Crippen LogP contribution in [0.25, 0.3) is 0 Å². The van der Waals surface area contributed by atoms with Crippen molar-refractivity contribution in [2.75, 3.05) is 0 Å². The van der Waals surface area contributed by atoms with Gasteiger partial charge in [0.2, 0.25) is 5.91 Å². The minimum absolute atomic E-state index is 0.114. The lowest BCUT2D eigenvalue weighted by molar-refractivity contribution is -0.119. The van der Waals surface area contributed by atoms with Gasteiger partial charge in [0.15, 0.2) is 0 Å². The van der Waals surface area contributed by atoms with E-state index in [4.69, 9.17) is 0 Å². The highest BCUT2D eigenvalue weighted by Gasteiger charge is 2.40. The molecular formula is C10H19NO. The van der Waals surface area contributed by atoms with Gasteiger partial charge in [-0.1, -0.05) is 20.3 Å². The fraction of sp³-hybridized carbons (Fsp3) is 0.900. The van der Waals surface area contributed by atoms with Gasteiger partial charge in [0.25, 0.3) is 0 Å². The molecule has 0 bridgehead atoms. The fourth-order valence-electron chi connectivity index (χ4n) is 2.01. The number of nitrogens with one attached hydrogen (secondary N) is 1. The molecule has 0 heterocycles. The maximum atomic E-state index is 10.8. The smallest absolute Gasteiger partial charge is 0.217 e. The normalized spacial score (nSPS) is 29.6. The lowest BCUT2D eigenvalue weighted by Crippen LogP contribution is -2.34. The van der Waals surface area contributed by atoms with Crippen LogP contribution in [0.5, 0.6) is 0 Å². The lowest BCUT2D eigenvalue weighted by Gasteiger charge is -2.15. The van der Waals surface area contributed by atoms with Crippen LogP contribution in [-0.2, 0) is 4.79 Å². The lowest BCUT2D eigenvalue weighted by atomic mass is 10.1. The van der Waals surface area contributed by atoms with Crippen LogP contribution in [0.4, 0.5) is 0 Å². The summed E-state index contributed by atoms with van der Waals surface area (Å²) >= 11 is 0. The molecule has 0 radical (unpaired) electrons. The van der Waals surface area contributed by atoms with E-state index in [1.165, 1.54) is 12.8 Å². The third-order valence-electron chi connectivity index (χ3n) is 2.85. The van der Waals surface area contributed by atoms with E-state index < -0.39 is 0 Å². The summed E-state index contributed by atoms with van der Waals surface area (Å²) in [6, 6.07) is 0.437. The molecule has 1 aliphatic rings. The molecule has 2 heteroatoms. The van der Waals surface area contributed by atoms with Crippen LogP contribution in [0.15, 0.2) is 0 Å². The Morgan fingerprint density at radius 2 is 2.25 bits per heavy atom. The van der Waals surface area contributed by atoms with Gasteiger partial charge in [-0.3, -0.25) is 4.79 Å². The van der Waals surface area contributed by atoms with Crippen molar-refractivity contribution in [1.82, 2.24) is 5.32 Å². The average molecular weight is 169 g/mol. The first-order valence-corrected chi connectivity index (χ1v) is 4.96. The Labute approximate surface area is 74.7 Å². The molecule has 12 heavy (non-hydrogen) atoms. The first-order valence-electron chi connectivity index (χ1n) is 4.96. The van der Waals surface area contributed by atoms with Gasteiger partial charge < -0.3 is 5.32 Å². The molecule has 1 unspecified atom stereocenters. The van der Waals surface area contributed by atoms with Crippen LogP contribution < -0.4 is 5.32 Å². The minimum Gasteiger partial charge on any atom is -0.353 e. The van der Waals surface area contributed by atoms with E-state index in [2.05, 4.69) is 19.2 Å². The van der Waals surface area contributed by atoms with Gasteiger partial charge in [0.05, 0.1) is 0 Å². The summed E-state index contributed by atoms with van der Waals surface area (Å²) in [5.41, 5.74) is 0. The molecule has 0 aromatic heterocycles. The third-order valence-corrected chi connectivity index (χ3v) is 2.85. The van der Waals surface area contributed by atoms with Gasteiger partial charge >= 0.3 is 0 Å². The Hall–Kier alpha value is -0.530. The molecule has 0 saturated heterocycles. The summed E-state index contributed by atoms with van der Waals surface area (Å²) < 4.78 is 0. The second-order valence-electron chi connectivity index (χ2n) is 3.78. The highest BCUT2D eigenvalue weighted by molar-refractivity contribution is 5.73. The molecule has 1 N–H and O–H groups in total. The number of rotatable bonds is 4. The molecule has 70 valence electrons. The summed E-state index contributed by atoms with van der Waals surface area (Å²) in [6.07, 6.45) is 3.65. The van der Waals surface area contributed by atoms with Crippen LogP contribution in [-0.4, -0.2) is 11.9 Å². The Morgan fingerprint density at radius 1 is 1.58 bits per heavy atom. The maximum absolute atomic E-state index is 10.8. The van der Waals surface area contributed by atoms with E-state index in [-0.39, 0.29) is 5.91 Å². The van der Waals surface area contributed by atoms with Crippen molar-refractivity contribution in [2.45, 2.75) is 46.1 Å². The number of amides is 1. The first kappa shape index (κ1) is 9.56. The number of carbonyl (C=O) groups is 1. The highest BCUT2D eigenvalue weighted by Crippen LogP contribution is 2.44. The summed E-state index contributed by atoms with van der Waals surface area (Å²) in [7, 11) is 0. The molecule has 1 aliphatic carbocycles. The quantitative estimate of drug-likeness (QED) is 0.684. The van der Waals surface area contributed by atoms with Crippen molar-refractivity contribution in [1.29, 1.82) is 0 Å². The van der Waals surface area contributed by atoms with Crippen molar-refractivity contribution in [3.8, 4) is 0 Å². The van der Waals surface area contributed by atoms with Crippen LogP contribution in [0, 0.1) is 11.8 Å². The zero-order valence-electron chi connectivity index (χ0n) is 8.26. The molecule has 1 fully saturated rings. The van der Waals surface area contributed by atoms with E-state index in [1.807, 2.05) is 0 Å². The second kappa shape index (κ2) is 3.92. The zero-order chi connectivity index (χ0) is 9.14. The maximum Gasteiger partial charge on any atom is 0.217 e. The monoisotopic (exact) mass is 169 g/mol. The van der Waals surface area contributed by atoms with Crippen LogP contribution in [0.3, 0.4) is 0 Å². The van der Waals surface area contributed by atoms with Crippen molar-refractivity contribution in [2.24, 2.45) is 11.8 Å². The molecule has 0 aromatic rings. The standard InChI is InChI=1S/C10H19NO/c1-4-8-6-9(8)10(5-2)11-7(3)12/h8-10H,4-6H2,1-3H3,(H,11,12)/t8-,9?,10-/m1/s1. The van der Waals surface area contributed by atoms with E-state index >= 15 is 0 Å². The summed E-state index contributed by atoms with van der Waals surface area (Å²) in [6.45, 7) is 5.97. The van der Waals surface area contributed by atoms with Crippen LogP contribution in [0.2, 0.25) is 0 Å². The summed E-state index contributed by atoms with van der Waals surface area (Å²) in [5.74, 6) is 1.76. The van der Waals surface area contributed by atoms with Gasteiger partial charge in [0.1, 0.15) is 0 Å². The molecule has 0 aliphatic heterocycles. The molecule has 3 atom stereocenters. The van der Waals surface area contributed by atoms with Crippen LogP contribution >= 0.6 is 0 Å². The van der Waals surface area contributed by atoms with Gasteiger partial charge in [-0.2, -0.15) is 0 Å². The highest BCUT2D eigenvalue weighted by atomic mass is 16.1. The summed E-state index contributed by atoms with van der Waals surface area (Å²) in [5, 5.41) is 3.02. The number of carbonyl (C=O) groups excluding carboxylic acids is 1. The third kappa shape index (κ3) is 2.23. The van der Waals surface area contributed by atoms with Gasteiger partial charge in [-0.05, 0) is 24.7 Å². The van der Waals surface area contributed by atoms with E-state index in [1.54, 1.807) is 6.92 Å². The van der Waals surface area contributed by atoms with E-state index in [0.29, 0.717) is 6.04 Å². The second-order valence-corrected chi connectivity index (χ2v) is 3.78. The predicted molar refractivity (Wildman–Crippen MR) is 49.8 cm³/mol. The Morgan fingerprint density at radius 3 is 2.58 bits per heavy atom. The van der Waals surface area contributed by atoms with Crippen molar-refractivity contribution in [3.05, 3.63) is 0 Å². The molecule has 2 nitrogen and oxygen atoms in total. The van der Waals surface area contributed by atoms with Gasteiger partial charge in [0, 0.05) is 13.0 Å². The molecule has 1 saturated carbocycles. The summed E-state index contributed by atoms with van der Waals surface area (Å²) in [4.78, 5) is 10.8. The van der Waals surface area contributed by atoms with Gasteiger partial charge in [-0.25, -0.2) is 0 Å². The van der Waals surface area contributed by atoms with E-state index in [0.717, 1.165) is 18.3 Å². The average Bonchev–Trinajstić information content (AvgIpc) is 2.78. The number of hydrogen-bond donors (Lipinski definition) is 1.